The zero-order valence-corrected chi connectivity index (χ0v) is 12.6. The Morgan fingerprint density at radius 3 is 2.43 bits per heavy atom. The first kappa shape index (κ1) is 14.5. The summed E-state index contributed by atoms with van der Waals surface area (Å²) in [5, 5.41) is 0.0803. The van der Waals surface area contributed by atoms with Crippen LogP contribution in [0.2, 0.25) is 5.02 Å². The van der Waals surface area contributed by atoms with Gasteiger partial charge in [-0.05, 0) is 0 Å². The van der Waals surface area contributed by atoms with E-state index in [-0.39, 0.29) is 10.8 Å². The minimum absolute atomic E-state index is 0.0803. The fourth-order valence-electron chi connectivity index (χ4n) is 0.615. The average molecular weight is 388 g/mol. The Balaban J connectivity index is 0.000000791. The van der Waals surface area contributed by atoms with E-state index >= 15 is 0 Å². The van der Waals surface area contributed by atoms with Crippen molar-refractivity contribution in [2.24, 2.45) is 0 Å². The van der Waals surface area contributed by atoms with Crippen molar-refractivity contribution in [3.63, 3.8) is 0 Å². The molecule has 7 heteroatoms. The van der Waals surface area contributed by atoms with Crippen molar-refractivity contribution in [1.82, 2.24) is 0 Å². The van der Waals surface area contributed by atoms with Crippen LogP contribution in [-0.4, -0.2) is 6.36 Å². The molecule has 1 nitrogen and oxygen atoms in total. The fraction of sp³-hybridized carbons (Fsp3) is 0.143. The second-order valence-corrected chi connectivity index (χ2v) is 2.33. The van der Waals surface area contributed by atoms with Crippen molar-refractivity contribution in [2.75, 3.05) is 0 Å². The number of rotatable bonds is 1. The molecule has 74 valence electrons. The number of hydrogen-bond donors (Lipinski definition) is 0. The van der Waals surface area contributed by atoms with Crippen LogP contribution in [0.1, 0.15) is 0 Å². The summed E-state index contributed by atoms with van der Waals surface area (Å²) >= 11 is 8.99. The fourth-order valence-corrected chi connectivity index (χ4v) is 0.786. The van der Waals surface area contributed by atoms with Crippen molar-refractivity contribution in [3.05, 3.63) is 29.3 Å². The standard InChI is InChI=1S/C7H3ClF3O.HI.Zn/c8-5-2-1-3-6(4-5)12-7(9,10)11;;/h1,3-4H;1H;/q-1;;+2/p-1. The number of ether oxygens (including phenoxy) is 1. The number of alkyl halides is 3. The SMILES string of the molecule is FC(F)(F)Oc1cc[c-]c(Cl)c1.[Zn+][I]. The molecule has 0 radical (unpaired) electrons. The second kappa shape index (κ2) is 6.85. The Hall–Kier alpha value is 0.453. The average Bonchev–Trinajstić information content (AvgIpc) is 2.04. The molecule has 0 N–H and O–H groups in total. The number of hydrogen-bond acceptors (Lipinski definition) is 1. The van der Waals surface area contributed by atoms with Gasteiger partial charge in [-0.25, -0.2) is 0 Å². The second-order valence-electron chi connectivity index (χ2n) is 1.92. The van der Waals surface area contributed by atoms with Gasteiger partial charge in [-0.3, -0.25) is 0 Å². The molecule has 1 aromatic carbocycles. The molecule has 0 bridgehead atoms. The number of benzene rings is 1. The topological polar surface area (TPSA) is 9.23 Å². The third-order valence-electron chi connectivity index (χ3n) is 0.971. The summed E-state index contributed by atoms with van der Waals surface area (Å²) in [5.74, 6) is -0.341. The summed E-state index contributed by atoms with van der Waals surface area (Å²) in [6, 6.07) is 5.89. The van der Waals surface area contributed by atoms with Crippen molar-refractivity contribution < 1.29 is 32.7 Å². The molecule has 14 heavy (non-hydrogen) atoms. The quantitative estimate of drug-likeness (QED) is 0.403. The van der Waals surface area contributed by atoms with E-state index in [0.29, 0.717) is 0 Å². The zero-order valence-electron chi connectivity index (χ0n) is 6.74. The molecule has 0 unspecified atom stereocenters. The molecule has 0 spiro atoms. The van der Waals surface area contributed by atoms with Crippen LogP contribution in [-0.2, 0) is 14.8 Å². The molecule has 0 saturated carbocycles. The predicted octanol–water partition coefficient (Wildman–Crippen LogP) is 3.92. The maximum absolute atomic E-state index is 11.6. The van der Waals surface area contributed by atoms with E-state index in [4.69, 9.17) is 11.6 Å². The summed E-state index contributed by atoms with van der Waals surface area (Å²) < 4.78 is 38.4. The molecule has 0 aliphatic heterocycles. The van der Waals surface area contributed by atoms with Gasteiger partial charge in [0.15, 0.2) is 0 Å². The van der Waals surface area contributed by atoms with E-state index in [0.717, 1.165) is 12.1 Å². The first-order valence-corrected chi connectivity index (χ1v) is 12.6. The van der Waals surface area contributed by atoms with Gasteiger partial charge in [-0.1, -0.05) is 5.02 Å². The first-order valence-electron chi connectivity index (χ1n) is 3.17. The van der Waals surface area contributed by atoms with Crippen molar-refractivity contribution >= 4 is 31.4 Å². The van der Waals surface area contributed by atoms with Crippen LogP contribution >= 0.6 is 31.4 Å². The summed E-state index contributed by atoms with van der Waals surface area (Å²) in [4.78, 5) is 0. The molecule has 0 heterocycles. The molecule has 0 aromatic heterocycles. The Morgan fingerprint density at radius 2 is 2.00 bits per heavy atom. The zero-order chi connectivity index (χ0) is 11.2. The van der Waals surface area contributed by atoms with Gasteiger partial charge in [-0.2, -0.15) is 12.1 Å². The van der Waals surface area contributed by atoms with Crippen molar-refractivity contribution in [2.45, 2.75) is 6.36 Å². The Kier molecular flexibility index (Phi) is 7.07. The van der Waals surface area contributed by atoms with Crippen molar-refractivity contribution in [3.8, 4) is 5.75 Å². The third kappa shape index (κ3) is 6.84. The van der Waals surface area contributed by atoms with Crippen molar-refractivity contribution in [1.29, 1.82) is 0 Å². The van der Waals surface area contributed by atoms with Gasteiger partial charge in [0, 0.05) is 5.75 Å². The van der Waals surface area contributed by atoms with E-state index in [1.807, 2.05) is 0 Å². The van der Waals surface area contributed by atoms with Crippen LogP contribution in [0, 0.1) is 6.07 Å². The van der Waals surface area contributed by atoms with Crippen LogP contribution < -0.4 is 4.74 Å². The van der Waals surface area contributed by atoms with Crippen LogP contribution in [0.15, 0.2) is 18.2 Å². The van der Waals surface area contributed by atoms with Gasteiger partial charge in [0.1, 0.15) is 0 Å². The van der Waals surface area contributed by atoms with Crippen LogP contribution in [0.5, 0.6) is 5.75 Å². The minimum atomic E-state index is -4.68. The van der Waals surface area contributed by atoms with Crippen LogP contribution in [0.3, 0.4) is 0 Å². The van der Waals surface area contributed by atoms with Gasteiger partial charge in [0.25, 0.3) is 0 Å². The summed E-state index contributed by atoms with van der Waals surface area (Å²) in [7, 11) is 0. The monoisotopic (exact) mass is 386 g/mol. The molecule has 0 saturated heterocycles. The summed E-state index contributed by atoms with van der Waals surface area (Å²) in [6.45, 7) is 0. The molecular formula is C7H3ClF3IOZn. The van der Waals surface area contributed by atoms with Gasteiger partial charge in [0.2, 0.25) is 0 Å². The number of halogens is 5. The molecule has 0 aliphatic rings. The predicted molar refractivity (Wildman–Crippen MR) is 51.0 cm³/mol. The molecule has 0 aliphatic carbocycles. The summed E-state index contributed by atoms with van der Waals surface area (Å²) in [5.41, 5.74) is 0. The summed E-state index contributed by atoms with van der Waals surface area (Å²) in [6.07, 6.45) is -4.68. The first-order chi connectivity index (χ1) is 6.47. The van der Waals surface area contributed by atoms with E-state index in [1.165, 1.54) is 20.9 Å². The Bertz CT molecular complexity index is 282. The van der Waals surface area contributed by atoms with E-state index < -0.39 is 6.36 Å². The molecule has 1 rings (SSSR count). The Morgan fingerprint density at radius 1 is 1.43 bits per heavy atom. The molecular weight excluding hydrogens is 385 g/mol. The maximum atomic E-state index is 11.6. The van der Waals surface area contributed by atoms with Gasteiger partial charge >= 0.3 is 40.9 Å². The molecule has 0 amide bonds. The van der Waals surface area contributed by atoms with E-state index in [2.05, 4.69) is 30.6 Å². The van der Waals surface area contributed by atoms with Gasteiger partial charge in [0.05, 0.1) is 0 Å². The molecule has 1 aromatic rings. The van der Waals surface area contributed by atoms with Gasteiger partial charge in [-0.15, -0.1) is 36.9 Å². The normalized spacial score (nSPS) is 10.2. The van der Waals surface area contributed by atoms with Crippen LogP contribution in [0.4, 0.5) is 13.2 Å². The third-order valence-corrected chi connectivity index (χ3v) is 1.19. The van der Waals surface area contributed by atoms with Crippen LogP contribution in [0.25, 0.3) is 0 Å². The Labute approximate surface area is 105 Å². The van der Waals surface area contributed by atoms with Gasteiger partial charge < -0.3 is 4.74 Å². The van der Waals surface area contributed by atoms with E-state index in [1.54, 1.807) is 0 Å². The molecule has 0 atom stereocenters. The molecule has 0 fully saturated rings. The van der Waals surface area contributed by atoms with E-state index in [9.17, 15) is 13.2 Å².